The predicted molar refractivity (Wildman–Crippen MR) is 94.7 cm³/mol. The van der Waals surface area contributed by atoms with Gasteiger partial charge in [0.25, 0.3) is 0 Å². The van der Waals surface area contributed by atoms with E-state index < -0.39 is 0 Å². The number of aryl methyl sites for hydroxylation is 1. The lowest BCUT2D eigenvalue weighted by molar-refractivity contribution is -0.123. The van der Waals surface area contributed by atoms with Crippen molar-refractivity contribution in [1.29, 1.82) is 0 Å². The number of rotatable bonds is 5. The Balaban J connectivity index is 1.37. The van der Waals surface area contributed by atoms with Crippen molar-refractivity contribution < 1.29 is 4.79 Å². The number of carbonyl (C=O) groups is 1. The summed E-state index contributed by atoms with van der Waals surface area (Å²) in [6.07, 6.45) is 7.06. The molecule has 3 rings (SSSR count). The van der Waals surface area contributed by atoms with Gasteiger partial charge in [-0.25, -0.2) is 0 Å². The zero-order valence-electron chi connectivity index (χ0n) is 14.2. The predicted octanol–water partition coefficient (Wildman–Crippen LogP) is 2.93. The second-order valence-corrected chi connectivity index (χ2v) is 7.11. The third-order valence-corrected chi connectivity index (χ3v) is 5.10. The van der Waals surface area contributed by atoms with Gasteiger partial charge in [0.05, 0.1) is 6.54 Å². The minimum absolute atomic E-state index is 0.210. The summed E-state index contributed by atoms with van der Waals surface area (Å²) < 4.78 is 0. The fraction of sp³-hybridized carbons (Fsp3) is 0.632. The number of nitrogens with one attached hydrogen (secondary N) is 2. The number of piperidine rings is 1. The molecule has 1 aliphatic heterocycles. The first-order chi connectivity index (χ1) is 11.2. The molecule has 2 N–H and O–H groups in total. The van der Waals surface area contributed by atoms with E-state index in [0.717, 1.165) is 38.8 Å². The van der Waals surface area contributed by atoms with Crippen LogP contribution in [0.3, 0.4) is 0 Å². The highest BCUT2D eigenvalue weighted by Crippen LogP contribution is 2.19. The van der Waals surface area contributed by atoms with Gasteiger partial charge in [-0.2, -0.15) is 0 Å². The molecule has 0 spiro atoms. The van der Waals surface area contributed by atoms with Crippen LogP contribution in [0.4, 0.5) is 5.69 Å². The molecule has 1 aromatic rings. The van der Waals surface area contributed by atoms with Crippen LogP contribution >= 0.6 is 0 Å². The minimum atomic E-state index is 0.210. The number of carbonyl (C=O) groups excluding carboxylic acids is 1. The van der Waals surface area contributed by atoms with Crippen molar-refractivity contribution in [3.63, 3.8) is 0 Å². The van der Waals surface area contributed by atoms with E-state index in [9.17, 15) is 4.79 Å². The molecule has 1 saturated heterocycles. The molecule has 2 aliphatic rings. The van der Waals surface area contributed by atoms with Gasteiger partial charge < -0.3 is 10.6 Å². The largest absolute Gasteiger partial charge is 0.382 e. The molecular weight excluding hydrogens is 286 g/mol. The van der Waals surface area contributed by atoms with Crippen LogP contribution in [0.5, 0.6) is 0 Å². The summed E-state index contributed by atoms with van der Waals surface area (Å²) in [7, 11) is 0. The van der Waals surface area contributed by atoms with Crippen molar-refractivity contribution in [3.05, 3.63) is 29.8 Å². The Labute approximate surface area is 139 Å². The molecule has 1 amide bonds. The highest BCUT2D eigenvalue weighted by Gasteiger charge is 2.22. The monoisotopic (exact) mass is 315 g/mol. The topological polar surface area (TPSA) is 44.4 Å². The first kappa shape index (κ1) is 16.3. The summed E-state index contributed by atoms with van der Waals surface area (Å²) >= 11 is 0. The molecule has 1 aliphatic carbocycles. The molecule has 0 bridgehead atoms. The molecule has 1 aromatic carbocycles. The van der Waals surface area contributed by atoms with E-state index in [1.807, 2.05) is 0 Å². The zero-order chi connectivity index (χ0) is 16.1. The summed E-state index contributed by atoms with van der Waals surface area (Å²) in [4.78, 5) is 14.4. The number of nitrogens with zero attached hydrogens (tertiary/aromatic N) is 1. The minimum Gasteiger partial charge on any atom is -0.382 e. The van der Waals surface area contributed by atoms with Gasteiger partial charge in [-0.05, 0) is 44.7 Å². The maximum absolute atomic E-state index is 12.1. The van der Waals surface area contributed by atoms with E-state index in [1.54, 1.807) is 0 Å². The smallest absolute Gasteiger partial charge is 0.234 e. The van der Waals surface area contributed by atoms with Crippen LogP contribution in [-0.2, 0) is 4.79 Å². The van der Waals surface area contributed by atoms with Gasteiger partial charge in [-0.15, -0.1) is 0 Å². The summed E-state index contributed by atoms with van der Waals surface area (Å²) in [5.74, 6) is 0.210. The fourth-order valence-corrected chi connectivity index (χ4v) is 3.67. The van der Waals surface area contributed by atoms with Crippen LogP contribution in [-0.4, -0.2) is 42.5 Å². The summed E-state index contributed by atoms with van der Waals surface area (Å²) in [6, 6.07) is 9.54. The molecule has 23 heavy (non-hydrogen) atoms. The zero-order valence-corrected chi connectivity index (χ0v) is 14.2. The number of hydrogen-bond acceptors (Lipinski definition) is 3. The molecule has 0 unspecified atom stereocenters. The second-order valence-electron chi connectivity index (χ2n) is 7.11. The van der Waals surface area contributed by atoms with Gasteiger partial charge in [-0.1, -0.05) is 30.5 Å². The number of amides is 1. The molecule has 4 heteroatoms. The first-order valence-corrected chi connectivity index (χ1v) is 9.04. The molecule has 4 nitrogen and oxygen atoms in total. The van der Waals surface area contributed by atoms with Gasteiger partial charge in [0.15, 0.2) is 0 Å². The maximum Gasteiger partial charge on any atom is 0.234 e. The number of benzene rings is 1. The van der Waals surface area contributed by atoms with Crippen LogP contribution in [0.2, 0.25) is 0 Å². The fourth-order valence-electron chi connectivity index (χ4n) is 3.67. The molecule has 0 atom stereocenters. The lowest BCUT2D eigenvalue weighted by Crippen LogP contribution is -2.45. The van der Waals surface area contributed by atoms with Crippen molar-refractivity contribution in [1.82, 2.24) is 10.2 Å². The molecule has 0 aromatic heterocycles. The van der Waals surface area contributed by atoms with Crippen molar-refractivity contribution in [2.75, 3.05) is 25.0 Å². The molecule has 1 saturated carbocycles. The Morgan fingerprint density at radius 3 is 2.35 bits per heavy atom. The van der Waals surface area contributed by atoms with Crippen LogP contribution in [0.25, 0.3) is 0 Å². The number of anilines is 1. The third kappa shape index (κ3) is 4.96. The van der Waals surface area contributed by atoms with Crippen molar-refractivity contribution in [3.8, 4) is 0 Å². The Kier molecular flexibility index (Phi) is 5.55. The van der Waals surface area contributed by atoms with Gasteiger partial charge in [0, 0.05) is 30.9 Å². The second kappa shape index (κ2) is 7.82. The van der Waals surface area contributed by atoms with Crippen molar-refractivity contribution in [2.45, 2.75) is 57.5 Å². The Morgan fingerprint density at radius 2 is 1.70 bits per heavy atom. The van der Waals surface area contributed by atoms with Crippen LogP contribution < -0.4 is 10.6 Å². The Hall–Kier alpha value is -1.55. The highest BCUT2D eigenvalue weighted by molar-refractivity contribution is 5.78. The van der Waals surface area contributed by atoms with E-state index in [0.29, 0.717) is 18.6 Å². The maximum atomic E-state index is 12.1. The van der Waals surface area contributed by atoms with Crippen LogP contribution in [0.1, 0.15) is 44.1 Å². The normalized spacial score (nSPS) is 20.6. The number of likely N-dealkylation sites (tertiary alicyclic amines) is 1. The molecule has 0 radical (unpaired) electrons. The van der Waals surface area contributed by atoms with Crippen molar-refractivity contribution >= 4 is 11.6 Å². The Bertz CT molecular complexity index is 500. The highest BCUT2D eigenvalue weighted by atomic mass is 16.2. The molecule has 2 fully saturated rings. The summed E-state index contributed by atoms with van der Waals surface area (Å²) in [5.41, 5.74) is 2.49. The quantitative estimate of drug-likeness (QED) is 0.878. The molecular formula is C19H29N3O. The average Bonchev–Trinajstić information content (AvgIpc) is 3.04. The van der Waals surface area contributed by atoms with Gasteiger partial charge in [0.2, 0.25) is 5.91 Å². The van der Waals surface area contributed by atoms with E-state index in [1.165, 1.54) is 24.1 Å². The van der Waals surface area contributed by atoms with E-state index in [4.69, 9.17) is 0 Å². The summed E-state index contributed by atoms with van der Waals surface area (Å²) in [6.45, 7) is 4.68. The Morgan fingerprint density at radius 1 is 1.04 bits per heavy atom. The summed E-state index contributed by atoms with van der Waals surface area (Å²) in [5, 5.41) is 6.80. The van der Waals surface area contributed by atoms with Crippen LogP contribution in [0.15, 0.2) is 24.3 Å². The molecule has 1 heterocycles. The van der Waals surface area contributed by atoms with Crippen molar-refractivity contribution in [2.24, 2.45) is 0 Å². The third-order valence-electron chi connectivity index (χ3n) is 5.10. The molecule has 126 valence electrons. The van der Waals surface area contributed by atoms with E-state index in [2.05, 4.69) is 46.7 Å². The lowest BCUT2D eigenvalue weighted by atomic mass is 10.0. The average molecular weight is 315 g/mol. The number of hydrogen-bond donors (Lipinski definition) is 2. The van der Waals surface area contributed by atoms with Crippen LogP contribution in [0, 0.1) is 6.92 Å². The van der Waals surface area contributed by atoms with Gasteiger partial charge in [-0.3, -0.25) is 9.69 Å². The van der Waals surface area contributed by atoms with E-state index in [-0.39, 0.29) is 5.91 Å². The SMILES string of the molecule is Cc1ccc(NC2CCN(CC(=O)NC3CCCC3)CC2)cc1. The van der Waals surface area contributed by atoms with E-state index >= 15 is 0 Å². The standard InChI is InChI=1S/C19H29N3O/c1-15-6-8-17(9-7-15)20-18-10-12-22(13-11-18)14-19(23)21-16-4-2-3-5-16/h6-9,16,18,20H,2-5,10-14H2,1H3,(H,21,23). The lowest BCUT2D eigenvalue weighted by Gasteiger charge is -2.32. The van der Waals surface area contributed by atoms with Gasteiger partial charge in [0.1, 0.15) is 0 Å². The first-order valence-electron chi connectivity index (χ1n) is 9.04. The van der Waals surface area contributed by atoms with Gasteiger partial charge >= 0.3 is 0 Å².